The molecular formula is C25H49NO4. The average molecular weight is 428 g/mol. The summed E-state index contributed by atoms with van der Waals surface area (Å²) >= 11 is 0. The molecular weight excluding hydrogens is 378 g/mol. The van der Waals surface area contributed by atoms with Gasteiger partial charge in [-0.05, 0) is 19.8 Å². The second-order valence-corrected chi connectivity index (χ2v) is 8.52. The van der Waals surface area contributed by atoms with Gasteiger partial charge in [0.25, 0.3) is 0 Å². The van der Waals surface area contributed by atoms with Gasteiger partial charge in [-0.25, -0.2) is 9.59 Å². The number of carbonyl (C=O) groups is 2. The highest BCUT2D eigenvalue weighted by Gasteiger charge is 2.24. The Balaban J connectivity index is 3.69. The number of likely N-dealkylation sites (N-methyl/N-ethyl adjacent to an activating group) is 1. The highest BCUT2D eigenvalue weighted by molar-refractivity contribution is 5.80. The van der Waals surface area contributed by atoms with Crippen LogP contribution in [0.15, 0.2) is 0 Å². The van der Waals surface area contributed by atoms with Crippen molar-refractivity contribution in [1.82, 2.24) is 4.90 Å². The number of unbranched alkanes of at least 4 members (excludes halogenated alkanes) is 14. The second-order valence-electron chi connectivity index (χ2n) is 8.52. The van der Waals surface area contributed by atoms with Crippen molar-refractivity contribution in [2.75, 3.05) is 20.3 Å². The van der Waals surface area contributed by atoms with Crippen molar-refractivity contribution in [2.45, 2.75) is 130 Å². The molecule has 30 heavy (non-hydrogen) atoms. The Morgan fingerprint density at radius 1 is 0.633 bits per heavy atom. The fourth-order valence-electron chi connectivity index (χ4n) is 3.34. The zero-order valence-corrected chi connectivity index (χ0v) is 20.4. The molecule has 0 radical (unpaired) electrons. The lowest BCUT2D eigenvalue weighted by molar-refractivity contribution is -0.148. The molecule has 0 aromatic heterocycles. The Labute approximate surface area is 186 Å². The van der Waals surface area contributed by atoms with Crippen molar-refractivity contribution in [3.63, 3.8) is 0 Å². The Kier molecular flexibility index (Phi) is 20.1. The van der Waals surface area contributed by atoms with Gasteiger partial charge < -0.3 is 9.47 Å². The summed E-state index contributed by atoms with van der Waals surface area (Å²) in [6.07, 6.45) is 18.8. The SMILES string of the molecule is CCCCCCCCCCOC(=O)C(C)N(C)C(=O)OCCCCCCCCCC. The first kappa shape index (κ1) is 28.7. The molecule has 0 aliphatic rings. The third kappa shape index (κ3) is 16.5. The Morgan fingerprint density at radius 3 is 1.43 bits per heavy atom. The van der Waals surface area contributed by atoms with Crippen molar-refractivity contribution >= 4 is 12.1 Å². The van der Waals surface area contributed by atoms with Crippen LogP contribution in [-0.4, -0.2) is 43.3 Å². The quantitative estimate of drug-likeness (QED) is 0.151. The number of nitrogens with zero attached hydrogens (tertiary/aromatic N) is 1. The molecule has 5 heteroatoms. The monoisotopic (exact) mass is 427 g/mol. The zero-order valence-electron chi connectivity index (χ0n) is 20.4. The molecule has 1 unspecified atom stereocenters. The molecule has 0 aliphatic heterocycles. The number of esters is 1. The van der Waals surface area contributed by atoms with E-state index in [-0.39, 0.29) is 5.97 Å². The summed E-state index contributed by atoms with van der Waals surface area (Å²) in [5.41, 5.74) is 0. The van der Waals surface area contributed by atoms with Crippen LogP contribution in [0.1, 0.15) is 124 Å². The molecule has 0 fully saturated rings. The highest BCUT2D eigenvalue weighted by atomic mass is 16.6. The predicted octanol–water partition coefficient (Wildman–Crippen LogP) is 7.27. The zero-order chi connectivity index (χ0) is 22.5. The minimum atomic E-state index is -0.620. The first-order valence-electron chi connectivity index (χ1n) is 12.6. The van der Waals surface area contributed by atoms with Crippen molar-refractivity contribution < 1.29 is 19.1 Å². The molecule has 0 aliphatic carbocycles. The minimum Gasteiger partial charge on any atom is -0.464 e. The lowest BCUT2D eigenvalue weighted by Crippen LogP contribution is -2.41. The number of ether oxygens (including phenoxy) is 2. The lowest BCUT2D eigenvalue weighted by Gasteiger charge is -2.22. The fourth-order valence-corrected chi connectivity index (χ4v) is 3.34. The summed E-state index contributed by atoms with van der Waals surface area (Å²) in [6, 6.07) is -0.620. The molecule has 0 N–H and O–H groups in total. The maximum absolute atomic E-state index is 12.1. The van der Waals surface area contributed by atoms with Crippen molar-refractivity contribution in [3.8, 4) is 0 Å². The molecule has 0 heterocycles. The molecule has 0 aromatic rings. The van der Waals surface area contributed by atoms with E-state index in [1.807, 2.05) is 0 Å². The summed E-state index contributed by atoms with van der Waals surface area (Å²) in [6.45, 7) is 6.98. The summed E-state index contributed by atoms with van der Waals surface area (Å²) in [5.74, 6) is -0.357. The van der Waals surface area contributed by atoms with Crippen LogP contribution in [0.4, 0.5) is 4.79 Å². The Hall–Kier alpha value is -1.26. The van der Waals surface area contributed by atoms with Crippen molar-refractivity contribution in [1.29, 1.82) is 0 Å². The topological polar surface area (TPSA) is 55.8 Å². The first-order valence-corrected chi connectivity index (χ1v) is 12.6. The van der Waals surface area contributed by atoms with Crippen molar-refractivity contribution in [2.24, 2.45) is 0 Å². The van der Waals surface area contributed by atoms with Crippen LogP contribution in [0, 0.1) is 0 Å². The molecule has 0 saturated carbocycles. The van der Waals surface area contributed by atoms with E-state index in [2.05, 4.69) is 13.8 Å². The first-order chi connectivity index (χ1) is 14.5. The Morgan fingerprint density at radius 2 is 1.00 bits per heavy atom. The van der Waals surface area contributed by atoms with Crippen LogP contribution in [0.2, 0.25) is 0 Å². The largest absolute Gasteiger partial charge is 0.464 e. The van der Waals surface area contributed by atoms with Gasteiger partial charge >= 0.3 is 12.1 Å². The molecule has 1 amide bonds. The predicted molar refractivity (Wildman–Crippen MR) is 125 cm³/mol. The van der Waals surface area contributed by atoms with E-state index < -0.39 is 12.1 Å². The van der Waals surface area contributed by atoms with Crippen molar-refractivity contribution in [3.05, 3.63) is 0 Å². The smallest absolute Gasteiger partial charge is 0.410 e. The highest BCUT2D eigenvalue weighted by Crippen LogP contribution is 2.10. The van der Waals surface area contributed by atoms with Gasteiger partial charge in [-0.15, -0.1) is 0 Å². The summed E-state index contributed by atoms with van der Waals surface area (Å²) < 4.78 is 10.6. The van der Waals surface area contributed by atoms with E-state index in [1.165, 1.54) is 81.9 Å². The van der Waals surface area contributed by atoms with E-state index >= 15 is 0 Å². The van der Waals surface area contributed by atoms with Crippen LogP contribution in [0.25, 0.3) is 0 Å². The molecule has 0 rings (SSSR count). The van der Waals surface area contributed by atoms with Crippen LogP contribution in [0.3, 0.4) is 0 Å². The van der Waals surface area contributed by atoms with Gasteiger partial charge in [-0.1, -0.05) is 104 Å². The normalized spacial score (nSPS) is 11.9. The second kappa shape index (κ2) is 21.0. The molecule has 178 valence electrons. The number of rotatable bonds is 20. The average Bonchev–Trinajstić information content (AvgIpc) is 2.75. The van der Waals surface area contributed by atoms with E-state index in [9.17, 15) is 9.59 Å². The number of hydrogen-bond acceptors (Lipinski definition) is 4. The van der Waals surface area contributed by atoms with E-state index in [4.69, 9.17) is 9.47 Å². The maximum Gasteiger partial charge on any atom is 0.410 e. The van der Waals surface area contributed by atoms with Gasteiger partial charge in [0.05, 0.1) is 13.2 Å². The third-order valence-corrected chi connectivity index (χ3v) is 5.68. The Bertz CT molecular complexity index is 376. The van der Waals surface area contributed by atoms with Gasteiger partial charge in [0, 0.05) is 7.05 Å². The van der Waals surface area contributed by atoms with Gasteiger partial charge in [0.15, 0.2) is 0 Å². The number of carbonyl (C=O) groups excluding carboxylic acids is 2. The van der Waals surface area contributed by atoms with Gasteiger partial charge in [0.2, 0.25) is 0 Å². The van der Waals surface area contributed by atoms with E-state index in [0.29, 0.717) is 13.2 Å². The summed E-state index contributed by atoms with van der Waals surface area (Å²) in [4.78, 5) is 25.6. The molecule has 0 bridgehead atoms. The molecule has 1 atom stereocenters. The molecule has 0 aromatic carbocycles. The van der Waals surface area contributed by atoms with E-state index in [0.717, 1.165) is 25.7 Å². The molecule has 0 spiro atoms. The van der Waals surface area contributed by atoms with Crippen LogP contribution in [-0.2, 0) is 14.3 Å². The third-order valence-electron chi connectivity index (χ3n) is 5.68. The molecule has 0 saturated heterocycles. The summed E-state index contributed by atoms with van der Waals surface area (Å²) in [5, 5.41) is 0. The lowest BCUT2D eigenvalue weighted by atomic mass is 10.1. The van der Waals surface area contributed by atoms with Gasteiger partial charge in [0.1, 0.15) is 6.04 Å². The maximum atomic E-state index is 12.1. The molecule has 5 nitrogen and oxygen atoms in total. The standard InChI is InChI=1S/C25H49NO4/c1-5-7-9-11-13-15-17-19-21-29-24(27)23(3)26(4)25(28)30-22-20-18-16-14-12-10-8-6-2/h23H,5-22H2,1-4H3. The van der Waals surface area contributed by atoms with Crippen LogP contribution < -0.4 is 0 Å². The fraction of sp³-hybridized carbons (Fsp3) is 0.920. The summed E-state index contributed by atoms with van der Waals surface area (Å²) in [7, 11) is 1.60. The number of amides is 1. The van der Waals surface area contributed by atoms with Gasteiger partial charge in [-0.3, -0.25) is 4.90 Å². The van der Waals surface area contributed by atoms with E-state index in [1.54, 1.807) is 14.0 Å². The van der Waals surface area contributed by atoms with Crippen LogP contribution in [0.5, 0.6) is 0 Å². The van der Waals surface area contributed by atoms with Crippen LogP contribution >= 0.6 is 0 Å². The number of hydrogen-bond donors (Lipinski definition) is 0. The van der Waals surface area contributed by atoms with Gasteiger partial charge in [-0.2, -0.15) is 0 Å². The minimum absolute atomic E-state index is 0.357.